The third-order valence-corrected chi connectivity index (χ3v) is 4.94. The minimum absolute atomic E-state index is 0.0472. The van der Waals surface area contributed by atoms with Gasteiger partial charge in [0.05, 0.1) is 6.10 Å². The van der Waals surface area contributed by atoms with Gasteiger partial charge in [-0.25, -0.2) is 0 Å². The molecule has 1 aromatic rings. The lowest BCUT2D eigenvalue weighted by Gasteiger charge is -2.31. The lowest BCUT2D eigenvalue weighted by atomic mass is 9.73. The van der Waals surface area contributed by atoms with E-state index in [2.05, 4.69) is 32.9 Å². The second-order valence-electron chi connectivity index (χ2n) is 6.22. The molecule has 0 spiro atoms. The van der Waals surface area contributed by atoms with Crippen LogP contribution in [0, 0.1) is 6.92 Å². The van der Waals surface area contributed by atoms with Crippen molar-refractivity contribution in [3.05, 3.63) is 29.3 Å². The van der Waals surface area contributed by atoms with Crippen molar-refractivity contribution < 1.29 is 19.7 Å². The minimum atomic E-state index is -0.903. The van der Waals surface area contributed by atoms with Crippen LogP contribution in [0.2, 0.25) is 0 Å². The molecular weight excluding hydrogens is 292 g/mol. The van der Waals surface area contributed by atoms with E-state index in [1.807, 2.05) is 13.0 Å². The number of hydrogen-bond acceptors (Lipinski definition) is 3. The second-order valence-corrected chi connectivity index (χ2v) is 6.22. The number of carbonyl (C=O) groups is 1. The SMILES string of the molecule is CCC(CC)(CC)c1ccc(OCC(O)CCC(=O)O)c(C)c1. The molecule has 0 aliphatic rings. The highest BCUT2D eigenvalue weighted by Gasteiger charge is 2.26. The van der Waals surface area contributed by atoms with E-state index in [0.29, 0.717) is 0 Å². The maximum Gasteiger partial charge on any atom is 0.303 e. The highest BCUT2D eigenvalue weighted by molar-refractivity contribution is 5.66. The standard InChI is InChI=1S/C19H30O4/c1-5-19(6-2,7-3)15-8-10-17(14(4)12-15)23-13-16(20)9-11-18(21)22/h8,10,12,16,20H,5-7,9,11,13H2,1-4H3,(H,21,22). The Kier molecular flexibility index (Phi) is 7.56. The molecule has 0 saturated carbocycles. The lowest BCUT2D eigenvalue weighted by molar-refractivity contribution is -0.137. The van der Waals surface area contributed by atoms with Crippen LogP contribution in [-0.2, 0) is 10.2 Å². The van der Waals surface area contributed by atoms with Gasteiger partial charge >= 0.3 is 5.97 Å². The zero-order valence-electron chi connectivity index (χ0n) is 14.8. The second kappa shape index (κ2) is 8.92. The predicted octanol–water partition coefficient (Wildman–Crippen LogP) is 4.07. The van der Waals surface area contributed by atoms with Crippen LogP contribution in [0.1, 0.15) is 64.0 Å². The first-order valence-electron chi connectivity index (χ1n) is 8.52. The molecule has 23 heavy (non-hydrogen) atoms. The van der Waals surface area contributed by atoms with Crippen molar-refractivity contribution >= 4 is 5.97 Å². The molecule has 2 N–H and O–H groups in total. The Morgan fingerprint density at radius 1 is 1.22 bits per heavy atom. The molecule has 0 saturated heterocycles. The van der Waals surface area contributed by atoms with Crippen molar-refractivity contribution in [2.24, 2.45) is 0 Å². The molecule has 1 unspecified atom stereocenters. The molecule has 1 atom stereocenters. The summed E-state index contributed by atoms with van der Waals surface area (Å²) in [4.78, 5) is 10.5. The third-order valence-electron chi connectivity index (χ3n) is 4.94. The first-order chi connectivity index (χ1) is 10.9. The topological polar surface area (TPSA) is 66.8 Å². The van der Waals surface area contributed by atoms with Crippen LogP contribution in [0.15, 0.2) is 18.2 Å². The van der Waals surface area contributed by atoms with Gasteiger partial charge in [-0.3, -0.25) is 4.79 Å². The molecule has 0 aromatic heterocycles. The van der Waals surface area contributed by atoms with Crippen LogP contribution < -0.4 is 4.74 Å². The molecule has 1 rings (SSSR count). The zero-order valence-corrected chi connectivity index (χ0v) is 14.8. The smallest absolute Gasteiger partial charge is 0.303 e. The molecular formula is C19H30O4. The number of carboxylic acids is 1. The highest BCUT2D eigenvalue weighted by atomic mass is 16.5. The lowest BCUT2D eigenvalue weighted by Crippen LogP contribution is -2.23. The van der Waals surface area contributed by atoms with E-state index in [0.717, 1.165) is 30.6 Å². The molecule has 0 radical (unpaired) electrons. The summed E-state index contributed by atoms with van der Waals surface area (Å²) < 4.78 is 5.66. The minimum Gasteiger partial charge on any atom is -0.491 e. The number of aliphatic hydroxyl groups is 1. The van der Waals surface area contributed by atoms with E-state index in [4.69, 9.17) is 9.84 Å². The Hall–Kier alpha value is -1.55. The maximum atomic E-state index is 10.5. The van der Waals surface area contributed by atoms with Crippen molar-refractivity contribution in [2.45, 2.75) is 71.3 Å². The fraction of sp³-hybridized carbons (Fsp3) is 0.632. The monoisotopic (exact) mass is 322 g/mol. The Balaban J connectivity index is 2.75. The number of aryl methyl sites for hydroxylation is 1. The molecule has 130 valence electrons. The first kappa shape index (κ1) is 19.5. The van der Waals surface area contributed by atoms with E-state index in [1.54, 1.807) is 0 Å². The van der Waals surface area contributed by atoms with E-state index in [-0.39, 0.29) is 24.9 Å². The molecule has 0 fully saturated rings. The van der Waals surface area contributed by atoms with Crippen LogP contribution in [0.5, 0.6) is 5.75 Å². The molecule has 4 heteroatoms. The van der Waals surface area contributed by atoms with Gasteiger partial charge in [0.15, 0.2) is 0 Å². The van der Waals surface area contributed by atoms with Crippen molar-refractivity contribution in [2.75, 3.05) is 6.61 Å². The quantitative estimate of drug-likeness (QED) is 0.681. The average molecular weight is 322 g/mol. The summed E-state index contributed by atoms with van der Waals surface area (Å²) >= 11 is 0. The average Bonchev–Trinajstić information content (AvgIpc) is 2.54. The molecule has 0 bridgehead atoms. The van der Waals surface area contributed by atoms with E-state index in [1.165, 1.54) is 5.56 Å². The molecule has 0 amide bonds. The molecule has 4 nitrogen and oxygen atoms in total. The summed E-state index contributed by atoms with van der Waals surface area (Å²) in [5.41, 5.74) is 2.60. The van der Waals surface area contributed by atoms with Crippen molar-refractivity contribution in [3.63, 3.8) is 0 Å². The van der Waals surface area contributed by atoms with Gasteiger partial charge in [0.25, 0.3) is 0 Å². The summed E-state index contributed by atoms with van der Waals surface area (Å²) in [7, 11) is 0. The molecule has 0 heterocycles. The predicted molar refractivity (Wildman–Crippen MR) is 92.1 cm³/mol. The number of aliphatic hydroxyl groups excluding tert-OH is 1. The first-order valence-corrected chi connectivity index (χ1v) is 8.52. The molecule has 1 aromatic carbocycles. The van der Waals surface area contributed by atoms with Gasteiger partial charge in [-0.15, -0.1) is 0 Å². The van der Waals surface area contributed by atoms with Gasteiger partial charge in [-0.05, 0) is 55.2 Å². The maximum absolute atomic E-state index is 10.5. The van der Waals surface area contributed by atoms with Gasteiger partial charge in [0.2, 0.25) is 0 Å². The van der Waals surface area contributed by atoms with Crippen molar-refractivity contribution in [1.29, 1.82) is 0 Å². The Morgan fingerprint density at radius 2 is 1.83 bits per heavy atom. The number of carboxylic acid groups (broad SMARTS) is 1. The fourth-order valence-corrected chi connectivity index (χ4v) is 3.06. The third kappa shape index (κ3) is 5.24. The Bertz CT molecular complexity index is 498. The Labute approximate surface area is 139 Å². The summed E-state index contributed by atoms with van der Waals surface area (Å²) in [6.45, 7) is 8.81. The molecule has 0 aliphatic heterocycles. The summed E-state index contributed by atoms with van der Waals surface area (Å²) in [5, 5.41) is 18.4. The summed E-state index contributed by atoms with van der Waals surface area (Å²) in [5.74, 6) is -0.153. The van der Waals surface area contributed by atoms with Crippen molar-refractivity contribution in [1.82, 2.24) is 0 Å². The van der Waals surface area contributed by atoms with Crippen LogP contribution >= 0.6 is 0 Å². The largest absolute Gasteiger partial charge is 0.491 e. The van der Waals surface area contributed by atoms with Crippen LogP contribution in [0.25, 0.3) is 0 Å². The van der Waals surface area contributed by atoms with E-state index < -0.39 is 12.1 Å². The van der Waals surface area contributed by atoms with Gasteiger partial charge < -0.3 is 14.9 Å². The van der Waals surface area contributed by atoms with Gasteiger partial charge in [0.1, 0.15) is 12.4 Å². The van der Waals surface area contributed by atoms with Crippen molar-refractivity contribution in [3.8, 4) is 5.75 Å². The summed E-state index contributed by atoms with van der Waals surface area (Å²) in [6.07, 6.45) is 2.71. The van der Waals surface area contributed by atoms with Crippen LogP contribution in [0.4, 0.5) is 0 Å². The van der Waals surface area contributed by atoms with Gasteiger partial charge in [-0.1, -0.05) is 32.9 Å². The number of hydrogen-bond donors (Lipinski definition) is 2. The number of aliphatic carboxylic acids is 1. The van der Waals surface area contributed by atoms with E-state index in [9.17, 15) is 9.90 Å². The van der Waals surface area contributed by atoms with Crippen LogP contribution in [0.3, 0.4) is 0 Å². The van der Waals surface area contributed by atoms with Crippen LogP contribution in [-0.4, -0.2) is 28.9 Å². The number of benzene rings is 1. The zero-order chi connectivity index (χ0) is 17.5. The summed E-state index contributed by atoms with van der Waals surface area (Å²) in [6, 6.07) is 6.25. The number of ether oxygens (including phenoxy) is 1. The normalized spacial score (nSPS) is 12.9. The van der Waals surface area contributed by atoms with E-state index >= 15 is 0 Å². The fourth-order valence-electron chi connectivity index (χ4n) is 3.06. The Morgan fingerprint density at radius 3 is 2.30 bits per heavy atom. The highest BCUT2D eigenvalue weighted by Crippen LogP contribution is 2.36. The van der Waals surface area contributed by atoms with Gasteiger partial charge in [-0.2, -0.15) is 0 Å². The number of rotatable bonds is 10. The molecule has 0 aliphatic carbocycles. The van der Waals surface area contributed by atoms with Gasteiger partial charge in [0, 0.05) is 6.42 Å².